The summed E-state index contributed by atoms with van der Waals surface area (Å²) in [6, 6.07) is 5.81. The number of methoxy groups -OCH3 is 1. The van der Waals surface area contributed by atoms with Gasteiger partial charge in [-0.25, -0.2) is 4.98 Å². The quantitative estimate of drug-likeness (QED) is 0.849. The molecule has 0 spiro atoms. The molecular weight excluding hydrogens is 268 g/mol. The van der Waals surface area contributed by atoms with Gasteiger partial charge in [-0.05, 0) is 25.0 Å². The first-order valence-corrected chi connectivity index (χ1v) is 7.99. The summed E-state index contributed by atoms with van der Waals surface area (Å²) in [4.78, 5) is 5.81. The molecule has 0 aliphatic heterocycles. The van der Waals surface area contributed by atoms with E-state index in [0.717, 1.165) is 17.0 Å². The first-order chi connectivity index (χ1) is 9.78. The van der Waals surface area contributed by atoms with Gasteiger partial charge in [0.2, 0.25) is 0 Å². The Bertz CT molecular complexity index is 588. The third kappa shape index (κ3) is 2.66. The van der Waals surface area contributed by atoms with Gasteiger partial charge in [0.25, 0.3) is 0 Å². The number of nitrogens with two attached hydrogens (primary N) is 1. The largest absolute Gasteiger partial charge is 0.496 e. The lowest BCUT2D eigenvalue weighted by molar-refractivity contribution is 0.417. The van der Waals surface area contributed by atoms with Crippen molar-refractivity contribution in [1.82, 2.24) is 4.98 Å². The lowest BCUT2D eigenvalue weighted by Gasteiger charge is -2.18. The van der Waals surface area contributed by atoms with Crippen molar-refractivity contribution in [2.75, 3.05) is 12.8 Å². The van der Waals surface area contributed by atoms with E-state index in [1.807, 2.05) is 24.4 Å². The normalized spacial score (nSPS) is 16.2. The molecule has 2 aromatic rings. The molecule has 0 atom stereocenters. The van der Waals surface area contributed by atoms with E-state index in [2.05, 4.69) is 4.98 Å². The third-order valence-corrected chi connectivity index (χ3v) is 5.16. The number of hydrogen-bond donors (Lipinski definition) is 1. The SMILES string of the molecule is COc1cc(N)ccc1-c1cnc(C2CCCCC2)s1. The molecule has 0 saturated heterocycles. The third-order valence-electron chi connectivity index (χ3n) is 3.97. The highest BCUT2D eigenvalue weighted by Gasteiger charge is 2.19. The van der Waals surface area contributed by atoms with Gasteiger partial charge >= 0.3 is 0 Å². The summed E-state index contributed by atoms with van der Waals surface area (Å²) in [5.74, 6) is 1.48. The molecule has 0 radical (unpaired) electrons. The molecular formula is C16H20N2OS. The van der Waals surface area contributed by atoms with Crippen molar-refractivity contribution in [3.8, 4) is 16.2 Å². The summed E-state index contributed by atoms with van der Waals surface area (Å²) < 4.78 is 5.43. The number of nitrogen functional groups attached to an aromatic ring is 1. The highest BCUT2D eigenvalue weighted by atomic mass is 32.1. The number of anilines is 1. The maximum atomic E-state index is 5.81. The van der Waals surface area contributed by atoms with Gasteiger partial charge in [-0.1, -0.05) is 19.3 Å². The summed E-state index contributed by atoms with van der Waals surface area (Å²) >= 11 is 1.80. The van der Waals surface area contributed by atoms with Crippen molar-refractivity contribution in [2.45, 2.75) is 38.0 Å². The Morgan fingerprint density at radius 3 is 2.80 bits per heavy atom. The van der Waals surface area contributed by atoms with Crippen molar-refractivity contribution in [1.29, 1.82) is 0 Å². The minimum absolute atomic E-state index is 0.655. The van der Waals surface area contributed by atoms with Gasteiger partial charge in [0.15, 0.2) is 0 Å². The second kappa shape index (κ2) is 5.83. The molecule has 1 aliphatic rings. The molecule has 106 valence electrons. The van der Waals surface area contributed by atoms with Crippen LogP contribution in [0.25, 0.3) is 10.4 Å². The second-order valence-electron chi connectivity index (χ2n) is 5.36. The van der Waals surface area contributed by atoms with E-state index in [9.17, 15) is 0 Å². The molecule has 2 N–H and O–H groups in total. The number of rotatable bonds is 3. The maximum absolute atomic E-state index is 5.81. The molecule has 3 nitrogen and oxygen atoms in total. The molecule has 1 fully saturated rings. The van der Waals surface area contributed by atoms with Crippen LogP contribution in [0.4, 0.5) is 5.69 Å². The molecule has 1 aromatic heterocycles. The summed E-state index contributed by atoms with van der Waals surface area (Å²) in [7, 11) is 1.68. The van der Waals surface area contributed by atoms with Crippen molar-refractivity contribution in [2.24, 2.45) is 0 Å². The molecule has 3 rings (SSSR count). The summed E-state index contributed by atoms with van der Waals surface area (Å²) in [6.07, 6.45) is 8.59. The fourth-order valence-corrected chi connectivity index (χ4v) is 3.98. The molecule has 1 aromatic carbocycles. The highest BCUT2D eigenvalue weighted by molar-refractivity contribution is 7.15. The van der Waals surface area contributed by atoms with E-state index in [0.29, 0.717) is 5.92 Å². The molecule has 20 heavy (non-hydrogen) atoms. The number of ether oxygens (including phenoxy) is 1. The van der Waals surface area contributed by atoms with Crippen molar-refractivity contribution in [3.63, 3.8) is 0 Å². The van der Waals surface area contributed by atoms with Crippen LogP contribution in [0, 0.1) is 0 Å². The van der Waals surface area contributed by atoms with E-state index in [1.54, 1.807) is 18.4 Å². The Morgan fingerprint density at radius 2 is 2.05 bits per heavy atom. The first-order valence-electron chi connectivity index (χ1n) is 7.17. The smallest absolute Gasteiger partial charge is 0.129 e. The molecule has 4 heteroatoms. The van der Waals surface area contributed by atoms with Crippen LogP contribution in [0.5, 0.6) is 5.75 Å². The molecule has 1 aliphatic carbocycles. The molecule has 1 saturated carbocycles. The van der Waals surface area contributed by atoms with Crippen LogP contribution in [0.1, 0.15) is 43.0 Å². The summed E-state index contributed by atoms with van der Waals surface area (Å²) in [5, 5.41) is 1.28. The van der Waals surface area contributed by atoms with Crippen LogP contribution in [-0.4, -0.2) is 12.1 Å². The number of thiazole rings is 1. The summed E-state index contributed by atoms with van der Waals surface area (Å²) in [5.41, 5.74) is 7.62. The first kappa shape index (κ1) is 13.4. The van der Waals surface area contributed by atoms with Gasteiger partial charge in [0.05, 0.1) is 17.0 Å². The topological polar surface area (TPSA) is 48.1 Å². The van der Waals surface area contributed by atoms with Crippen LogP contribution in [0.3, 0.4) is 0 Å². The molecule has 0 unspecified atom stereocenters. The number of aromatic nitrogens is 1. The van der Waals surface area contributed by atoms with Gasteiger partial charge in [-0.3, -0.25) is 0 Å². The average molecular weight is 288 g/mol. The van der Waals surface area contributed by atoms with E-state index in [1.165, 1.54) is 42.0 Å². The predicted octanol–water partition coefficient (Wildman–Crippen LogP) is 4.45. The predicted molar refractivity (Wildman–Crippen MR) is 84.3 cm³/mol. The van der Waals surface area contributed by atoms with Crippen LogP contribution < -0.4 is 10.5 Å². The van der Waals surface area contributed by atoms with Gasteiger partial charge in [-0.15, -0.1) is 11.3 Å². The van der Waals surface area contributed by atoms with Crippen molar-refractivity contribution < 1.29 is 4.74 Å². The Hall–Kier alpha value is -1.55. The van der Waals surface area contributed by atoms with E-state index in [-0.39, 0.29) is 0 Å². The minimum atomic E-state index is 0.655. The fraction of sp³-hybridized carbons (Fsp3) is 0.438. The zero-order valence-electron chi connectivity index (χ0n) is 11.8. The van der Waals surface area contributed by atoms with Gasteiger partial charge in [-0.2, -0.15) is 0 Å². The molecule has 1 heterocycles. The number of nitrogens with zero attached hydrogens (tertiary/aromatic N) is 1. The average Bonchev–Trinajstić information content (AvgIpc) is 2.97. The minimum Gasteiger partial charge on any atom is -0.496 e. The molecule has 0 amide bonds. The standard InChI is InChI=1S/C16H20N2OS/c1-19-14-9-12(17)7-8-13(14)15-10-18-16(20-15)11-5-3-2-4-6-11/h7-11H,2-6,17H2,1H3. The monoisotopic (exact) mass is 288 g/mol. The fourth-order valence-electron chi connectivity index (χ4n) is 2.86. The van der Waals surface area contributed by atoms with Gasteiger partial charge < -0.3 is 10.5 Å². The van der Waals surface area contributed by atoms with E-state index in [4.69, 9.17) is 10.5 Å². The Labute approximate surface area is 123 Å². The highest BCUT2D eigenvalue weighted by Crippen LogP contribution is 2.40. The number of benzene rings is 1. The van der Waals surface area contributed by atoms with Crippen LogP contribution in [-0.2, 0) is 0 Å². The zero-order chi connectivity index (χ0) is 13.9. The lowest BCUT2D eigenvalue weighted by atomic mass is 9.90. The Balaban J connectivity index is 1.89. The second-order valence-corrected chi connectivity index (χ2v) is 6.42. The maximum Gasteiger partial charge on any atom is 0.129 e. The van der Waals surface area contributed by atoms with Crippen molar-refractivity contribution >= 4 is 17.0 Å². The van der Waals surface area contributed by atoms with Crippen LogP contribution >= 0.6 is 11.3 Å². The van der Waals surface area contributed by atoms with Crippen LogP contribution in [0.15, 0.2) is 24.4 Å². The van der Waals surface area contributed by atoms with Crippen molar-refractivity contribution in [3.05, 3.63) is 29.4 Å². The van der Waals surface area contributed by atoms with Gasteiger partial charge in [0.1, 0.15) is 5.75 Å². The van der Waals surface area contributed by atoms with E-state index >= 15 is 0 Å². The Kier molecular flexibility index (Phi) is 3.92. The zero-order valence-corrected chi connectivity index (χ0v) is 12.6. The molecule has 0 bridgehead atoms. The lowest BCUT2D eigenvalue weighted by Crippen LogP contribution is -2.03. The van der Waals surface area contributed by atoms with E-state index < -0.39 is 0 Å². The Morgan fingerprint density at radius 1 is 1.25 bits per heavy atom. The summed E-state index contributed by atoms with van der Waals surface area (Å²) in [6.45, 7) is 0. The number of hydrogen-bond acceptors (Lipinski definition) is 4. The van der Waals surface area contributed by atoms with Crippen LogP contribution in [0.2, 0.25) is 0 Å². The van der Waals surface area contributed by atoms with Gasteiger partial charge in [0, 0.05) is 29.4 Å².